The third-order valence-electron chi connectivity index (χ3n) is 2.76. The normalized spacial score (nSPS) is 12.7. The highest BCUT2D eigenvalue weighted by molar-refractivity contribution is 7.89. The first-order valence-electron chi connectivity index (χ1n) is 6.97. The van der Waals surface area contributed by atoms with Gasteiger partial charge in [0.05, 0.1) is 5.69 Å². The molecular formula is C15H26N2O2S. The van der Waals surface area contributed by atoms with Crippen LogP contribution in [0.2, 0.25) is 0 Å². The van der Waals surface area contributed by atoms with Gasteiger partial charge in [-0.25, -0.2) is 13.1 Å². The van der Waals surface area contributed by atoms with Crippen LogP contribution >= 0.6 is 0 Å². The van der Waals surface area contributed by atoms with Gasteiger partial charge in [0.1, 0.15) is 4.90 Å². The van der Waals surface area contributed by atoms with Crippen LogP contribution in [0.1, 0.15) is 41.0 Å². The lowest BCUT2D eigenvalue weighted by Crippen LogP contribution is -2.30. The molecule has 0 radical (unpaired) electrons. The van der Waals surface area contributed by atoms with Crippen molar-refractivity contribution in [2.75, 3.05) is 11.9 Å². The lowest BCUT2D eigenvalue weighted by Gasteiger charge is -2.20. The molecule has 0 aromatic heterocycles. The number of rotatable bonds is 6. The molecule has 0 unspecified atom stereocenters. The number of nitrogens with one attached hydrogen (secondary N) is 2. The van der Waals surface area contributed by atoms with Gasteiger partial charge < -0.3 is 5.32 Å². The van der Waals surface area contributed by atoms with Crippen molar-refractivity contribution < 1.29 is 8.42 Å². The van der Waals surface area contributed by atoms with E-state index in [-0.39, 0.29) is 11.5 Å². The molecule has 0 atom stereocenters. The molecule has 0 heterocycles. The fourth-order valence-corrected chi connectivity index (χ4v) is 3.23. The van der Waals surface area contributed by atoms with Crippen LogP contribution in [0.15, 0.2) is 29.2 Å². The van der Waals surface area contributed by atoms with Crippen LogP contribution < -0.4 is 10.0 Å². The fourth-order valence-electron chi connectivity index (χ4n) is 1.79. The third-order valence-corrected chi connectivity index (χ3v) is 4.47. The predicted octanol–water partition coefficient (Wildman–Crippen LogP) is 3.22. The van der Waals surface area contributed by atoms with E-state index in [9.17, 15) is 8.42 Å². The number of benzene rings is 1. The highest BCUT2D eigenvalue weighted by Gasteiger charge is 2.19. The molecule has 5 heteroatoms. The molecular weight excluding hydrogens is 272 g/mol. The molecule has 0 bridgehead atoms. The number of anilines is 1. The van der Waals surface area contributed by atoms with Crippen LogP contribution in [0.25, 0.3) is 0 Å². The zero-order valence-corrected chi connectivity index (χ0v) is 13.8. The minimum absolute atomic E-state index is 0.123. The van der Waals surface area contributed by atoms with Gasteiger partial charge in [0.25, 0.3) is 0 Å². The van der Waals surface area contributed by atoms with Crippen molar-refractivity contribution >= 4 is 15.7 Å². The van der Waals surface area contributed by atoms with E-state index in [1.807, 2.05) is 19.9 Å². The Kier molecular flexibility index (Phi) is 5.59. The van der Waals surface area contributed by atoms with Gasteiger partial charge >= 0.3 is 0 Å². The van der Waals surface area contributed by atoms with E-state index in [0.717, 1.165) is 13.0 Å². The Morgan fingerprint density at radius 3 is 2.30 bits per heavy atom. The van der Waals surface area contributed by atoms with Gasteiger partial charge in [0.15, 0.2) is 0 Å². The van der Waals surface area contributed by atoms with Crippen molar-refractivity contribution in [3.05, 3.63) is 24.3 Å². The first-order valence-corrected chi connectivity index (χ1v) is 8.45. The number of para-hydroxylation sites is 1. The molecule has 0 aliphatic rings. The van der Waals surface area contributed by atoms with Crippen LogP contribution in [-0.4, -0.2) is 21.0 Å². The number of hydrogen-bond acceptors (Lipinski definition) is 3. The molecule has 1 aromatic carbocycles. The molecule has 1 aromatic rings. The highest BCUT2D eigenvalue weighted by Crippen LogP contribution is 2.23. The maximum absolute atomic E-state index is 12.3. The largest absolute Gasteiger partial charge is 0.384 e. The molecule has 4 nitrogen and oxygen atoms in total. The number of sulfonamides is 1. The van der Waals surface area contributed by atoms with Crippen molar-refractivity contribution in [2.45, 2.75) is 52.0 Å². The maximum Gasteiger partial charge on any atom is 0.242 e. The van der Waals surface area contributed by atoms with E-state index < -0.39 is 10.0 Å². The molecule has 0 amide bonds. The molecule has 1 rings (SSSR count). The topological polar surface area (TPSA) is 58.2 Å². The van der Waals surface area contributed by atoms with Gasteiger partial charge in [0.2, 0.25) is 10.0 Å². The van der Waals surface area contributed by atoms with Gasteiger partial charge in [-0.1, -0.05) is 32.9 Å². The van der Waals surface area contributed by atoms with E-state index >= 15 is 0 Å². The smallest absolute Gasteiger partial charge is 0.242 e. The molecule has 0 aliphatic carbocycles. The third kappa shape index (κ3) is 5.51. The lowest BCUT2D eigenvalue weighted by atomic mass is 9.92. The van der Waals surface area contributed by atoms with E-state index in [1.54, 1.807) is 18.2 Å². The van der Waals surface area contributed by atoms with Gasteiger partial charge in [-0.2, -0.15) is 0 Å². The Labute approximate surface area is 123 Å². The second-order valence-electron chi connectivity index (χ2n) is 6.51. The molecule has 20 heavy (non-hydrogen) atoms. The first kappa shape index (κ1) is 17.0. The summed E-state index contributed by atoms with van der Waals surface area (Å²) in [6.45, 7) is 10.9. The summed E-state index contributed by atoms with van der Waals surface area (Å²) in [6, 6.07) is 6.89. The van der Waals surface area contributed by atoms with Crippen LogP contribution in [0.4, 0.5) is 5.69 Å². The Hall–Kier alpha value is -1.07. The van der Waals surface area contributed by atoms with Crippen LogP contribution in [-0.2, 0) is 10.0 Å². The standard InChI is InChI=1S/C15H26N2O2S/c1-12(2)17-20(18,19)14-9-7-6-8-13(14)16-11-10-15(3,4)5/h6-9,12,16-17H,10-11H2,1-5H3. The summed E-state index contributed by atoms with van der Waals surface area (Å²) in [5.41, 5.74) is 0.877. The zero-order chi connectivity index (χ0) is 15.4. The van der Waals surface area contributed by atoms with Crippen LogP contribution in [0.5, 0.6) is 0 Å². The Morgan fingerprint density at radius 2 is 1.75 bits per heavy atom. The Morgan fingerprint density at radius 1 is 1.15 bits per heavy atom. The summed E-state index contributed by atoms with van der Waals surface area (Å²) in [5.74, 6) is 0. The second kappa shape index (κ2) is 6.59. The van der Waals surface area contributed by atoms with E-state index in [1.165, 1.54) is 0 Å². The molecule has 0 fully saturated rings. The number of hydrogen-bond donors (Lipinski definition) is 2. The Bertz CT molecular complexity index is 531. The lowest BCUT2D eigenvalue weighted by molar-refractivity contribution is 0.389. The maximum atomic E-state index is 12.3. The SMILES string of the molecule is CC(C)NS(=O)(=O)c1ccccc1NCCC(C)(C)C. The summed E-state index contributed by atoms with van der Waals surface area (Å²) in [6.07, 6.45) is 0.971. The van der Waals surface area contributed by atoms with E-state index in [2.05, 4.69) is 30.8 Å². The van der Waals surface area contributed by atoms with E-state index in [4.69, 9.17) is 0 Å². The van der Waals surface area contributed by atoms with E-state index in [0.29, 0.717) is 10.6 Å². The van der Waals surface area contributed by atoms with Crippen molar-refractivity contribution in [3.8, 4) is 0 Å². The van der Waals surface area contributed by atoms with Crippen LogP contribution in [0, 0.1) is 5.41 Å². The van der Waals surface area contributed by atoms with Crippen LogP contribution in [0.3, 0.4) is 0 Å². The van der Waals surface area contributed by atoms with Gasteiger partial charge in [-0.15, -0.1) is 0 Å². The molecule has 0 spiro atoms. The molecule has 0 aliphatic heterocycles. The average Bonchev–Trinajstić information content (AvgIpc) is 2.26. The fraction of sp³-hybridized carbons (Fsp3) is 0.600. The average molecular weight is 298 g/mol. The summed E-state index contributed by atoms with van der Waals surface area (Å²) in [4.78, 5) is 0.308. The predicted molar refractivity (Wildman–Crippen MR) is 84.5 cm³/mol. The first-order chi connectivity index (χ1) is 9.12. The zero-order valence-electron chi connectivity index (χ0n) is 13.0. The van der Waals surface area contributed by atoms with Gasteiger partial charge in [-0.05, 0) is 37.8 Å². The van der Waals surface area contributed by atoms with Crippen molar-refractivity contribution in [1.29, 1.82) is 0 Å². The second-order valence-corrected chi connectivity index (χ2v) is 8.19. The highest BCUT2D eigenvalue weighted by atomic mass is 32.2. The minimum Gasteiger partial charge on any atom is -0.384 e. The summed E-state index contributed by atoms with van der Waals surface area (Å²) in [5, 5.41) is 3.23. The van der Waals surface area contributed by atoms with Crippen molar-refractivity contribution in [2.24, 2.45) is 5.41 Å². The Balaban J connectivity index is 2.89. The summed E-state index contributed by atoms with van der Waals surface area (Å²) in [7, 11) is -3.47. The summed E-state index contributed by atoms with van der Waals surface area (Å²) < 4.78 is 27.2. The molecule has 0 saturated heterocycles. The molecule has 114 valence electrons. The monoisotopic (exact) mass is 298 g/mol. The quantitative estimate of drug-likeness (QED) is 0.848. The van der Waals surface area contributed by atoms with Crippen molar-refractivity contribution in [1.82, 2.24) is 4.72 Å². The summed E-state index contributed by atoms with van der Waals surface area (Å²) >= 11 is 0. The van der Waals surface area contributed by atoms with Gasteiger partial charge in [-0.3, -0.25) is 0 Å². The van der Waals surface area contributed by atoms with Crippen molar-refractivity contribution in [3.63, 3.8) is 0 Å². The van der Waals surface area contributed by atoms with Gasteiger partial charge in [0, 0.05) is 12.6 Å². The molecule has 0 saturated carbocycles. The minimum atomic E-state index is -3.47. The molecule has 2 N–H and O–H groups in total.